The molecule has 148 valence electrons. The lowest BCUT2D eigenvalue weighted by molar-refractivity contribution is -0.159. The number of carbonyl (C=O) groups excluding carboxylic acids is 1. The van der Waals surface area contributed by atoms with Crippen molar-refractivity contribution in [2.45, 2.75) is 122 Å². The molecule has 0 aromatic carbocycles. The molecule has 0 aromatic heterocycles. The van der Waals surface area contributed by atoms with Crippen LogP contribution in [0, 0.1) is 17.8 Å². The second-order valence-corrected chi connectivity index (χ2v) is 9.81. The van der Waals surface area contributed by atoms with Gasteiger partial charge in [0.1, 0.15) is 6.04 Å². The Bertz CT molecular complexity index is 463. The van der Waals surface area contributed by atoms with Gasteiger partial charge < -0.3 is 4.74 Å². The third kappa shape index (κ3) is 3.57. The van der Waals surface area contributed by atoms with Crippen LogP contribution in [0.4, 0.5) is 0 Å². The fourth-order valence-corrected chi connectivity index (χ4v) is 6.99. The highest BCUT2D eigenvalue weighted by Crippen LogP contribution is 2.51. The van der Waals surface area contributed by atoms with Gasteiger partial charge in [0.05, 0.1) is 6.10 Å². The normalized spacial score (nSPS) is 37.2. The first-order valence-electron chi connectivity index (χ1n) is 11.6. The van der Waals surface area contributed by atoms with E-state index in [9.17, 15) is 4.79 Å². The first kappa shape index (κ1) is 18.8. The molecule has 1 aliphatic heterocycles. The molecule has 0 amide bonds. The Morgan fingerprint density at radius 2 is 1.27 bits per heavy atom. The van der Waals surface area contributed by atoms with Gasteiger partial charge >= 0.3 is 5.97 Å². The maximum atomic E-state index is 13.3. The molecule has 3 aliphatic carbocycles. The van der Waals surface area contributed by atoms with E-state index < -0.39 is 0 Å². The first-order chi connectivity index (χ1) is 12.7. The lowest BCUT2D eigenvalue weighted by Crippen LogP contribution is -2.54. The standard InChI is InChI=1S/C23H39NO2/c1-16(2)26-23(25)22(17-10-4-3-5-11-17)24-20-14-8-6-12-18(20)19-13-7-9-15-21(19)24/h16-22H,3-15H2,1-2H3. The number of fused-ring (bicyclic) bond motifs is 3. The Hall–Kier alpha value is -0.570. The van der Waals surface area contributed by atoms with Crippen molar-refractivity contribution < 1.29 is 9.53 Å². The highest BCUT2D eigenvalue weighted by molar-refractivity contribution is 5.76. The quantitative estimate of drug-likeness (QED) is 0.635. The maximum Gasteiger partial charge on any atom is 0.323 e. The van der Waals surface area contributed by atoms with Crippen LogP contribution >= 0.6 is 0 Å². The summed E-state index contributed by atoms with van der Waals surface area (Å²) >= 11 is 0. The number of ether oxygens (including phenoxy) is 1. The van der Waals surface area contributed by atoms with E-state index in [1.54, 1.807) is 0 Å². The monoisotopic (exact) mass is 361 g/mol. The van der Waals surface area contributed by atoms with Crippen LogP contribution in [0.5, 0.6) is 0 Å². The van der Waals surface area contributed by atoms with Crippen LogP contribution in [0.1, 0.15) is 97.3 Å². The zero-order valence-corrected chi connectivity index (χ0v) is 17.0. The van der Waals surface area contributed by atoms with E-state index in [-0.39, 0.29) is 18.1 Å². The van der Waals surface area contributed by atoms with Gasteiger partial charge in [0.2, 0.25) is 0 Å². The molecule has 0 radical (unpaired) electrons. The van der Waals surface area contributed by atoms with Crippen LogP contribution < -0.4 is 0 Å². The van der Waals surface area contributed by atoms with Crippen LogP contribution in [0.3, 0.4) is 0 Å². The Kier molecular flexibility index (Phi) is 5.93. The third-order valence-corrected chi connectivity index (χ3v) is 7.89. The van der Waals surface area contributed by atoms with Crippen LogP contribution in [0.15, 0.2) is 0 Å². The van der Waals surface area contributed by atoms with Gasteiger partial charge in [-0.2, -0.15) is 0 Å². The number of nitrogens with zero attached hydrogens (tertiary/aromatic N) is 1. The molecule has 0 spiro atoms. The van der Waals surface area contributed by atoms with E-state index >= 15 is 0 Å². The van der Waals surface area contributed by atoms with Crippen molar-refractivity contribution in [3.8, 4) is 0 Å². The minimum absolute atomic E-state index is 0.000462. The van der Waals surface area contributed by atoms with Gasteiger partial charge in [0.25, 0.3) is 0 Å². The van der Waals surface area contributed by atoms with E-state index in [4.69, 9.17) is 4.74 Å². The van der Waals surface area contributed by atoms with E-state index in [2.05, 4.69) is 4.90 Å². The average Bonchev–Trinajstić information content (AvgIpc) is 2.97. The van der Waals surface area contributed by atoms with E-state index in [1.807, 2.05) is 13.8 Å². The fraction of sp³-hybridized carbons (Fsp3) is 0.957. The van der Waals surface area contributed by atoms with Gasteiger partial charge in [-0.15, -0.1) is 0 Å². The van der Waals surface area contributed by atoms with Crippen LogP contribution in [-0.2, 0) is 9.53 Å². The molecule has 0 N–H and O–H groups in total. The van der Waals surface area contributed by atoms with Gasteiger partial charge in [-0.05, 0) is 70.1 Å². The predicted molar refractivity (Wildman–Crippen MR) is 105 cm³/mol. The summed E-state index contributed by atoms with van der Waals surface area (Å²) in [5.74, 6) is 2.33. The lowest BCUT2D eigenvalue weighted by atomic mass is 9.73. The summed E-state index contributed by atoms with van der Waals surface area (Å²) in [5, 5.41) is 0. The molecule has 5 atom stereocenters. The van der Waals surface area contributed by atoms with E-state index in [1.165, 1.54) is 83.5 Å². The molecule has 4 rings (SSSR count). The highest BCUT2D eigenvalue weighted by Gasteiger charge is 2.54. The van der Waals surface area contributed by atoms with Crippen molar-refractivity contribution in [2.75, 3.05) is 0 Å². The average molecular weight is 362 g/mol. The number of carbonyl (C=O) groups is 1. The Morgan fingerprint density at radius 3 is 1.81 bits per heavy atom. The molecule has 0 bridgehead atoms. The molecule has 26 heavy (non-hydrogen) atoms. The van der Waals surface area contributed by atoms with Gasteiger partial charge in [0, 0.05) is 12.1 Å². The van der Waals surface area contributed by atoms with Crippen LogP contribution in [0.2, 0.25) is 0 Å². The number of rotatable bonds is 4. The van der Waals surface area contributed by atoms with E-state index in [0.717, 1.165) is 11.8 Å². The second kappa shape index (κ2) is 8.20. The highest BCUT2D eigenvalue weighted by atomic mass is 16.5. The molecule has 4 fully saturated rings. The Morgan fingerprint density at radius 1 is 0.769 bits per heavy atom. The SMILES string of the molecule is CC(C)OC(=O)C(C1CCCCC1)N1C2CCCCC2C2CCCCC21. The minimum Gasteiger partial charge on any atom is -0.462 e. The van der Waals surface area contributed by atoms with Crippen molar-refractivity contribution in [3.63, 3.8) is 0 Å². The largest absolute Gasteiger partial charge is 0.462 e. The second-order valence-electron chi connectivity index (χ2n) is 9.81. The molecule has 0 aromatic rings. The molecule has 4 aliphatic rings. The van der Waals surface area contributed by atoms with Gasteiger partial charge in [-0.1, -0.05) is 44.9 Å². The summed E-state index contributed by atoms with van der Waals surface area (Å²) in [4.78, 5) is 16.1. The Balaban J connectivity index is 1.64. The molecular weight excluding hydrogens is 322 g/mol. The molecule has 1 heterocycles. The van der Waals surface area contributed by atoms with Crippen molar-refractivity contribution in [1.29, 1.82) is 0 Å². The summed E-state index contributed by atoms with van der Waals surface area (Å²) in [6.45, 7) is 4.01. The van der Waals surface area contributed by atoms with Crippen molar-refractivity contribution in [1.82, 2.24) is 4.90 Å². The van der Waals surface area contributed by atoms with Gasteiger partial charge in [-0.25, -0.2) is 0 Å². The van der Waals surface area contributed by atoms with Crippen molar-refractivity contribution in [3.05, 3.63) is 0 Å². The van der Waals surface area contributed by atoms with Crippen molar-refractivity contribution in [2.24, 2.45) is 17.8 Å². The number of hydrogen-bond donors (Lipinski definition) is 0. The number of likely N-dealkylation sites (tertiary alicyclic amines) is 1. The predicted octanol–water partition coefficient (Wildman–Crippen LogP) is 5.32. The smallest absolute Gasteiger partial charge is 0.323 e. The summed E-state index contributed by atoms with van der Waals surface area (Å²) in [6, 6.07) is 1.35. The van der Waals surface area contributed by atoms with Gasteiger partial charge in [0.15, 0.2) is 0 Å². The summed E-state index contributed by atoms with van der Waals surface area (Å²) in [6.07, 6.45) is 17.3. The van der Waals surface area contributed by atoms with Gasteiger partial charge in [-0.3, -0.25) is 9.69 Å². The topological polar surface area (TPSA) is 29.5 Å². The molecule has 3 nitrogen and oxygen atoms in total. The van der Waals surface area contributed by atoms with Crippen molar-refractivity contribution >= 4 is 5.97 Å². The molecular formula is C23H39NO2. The zero-order valence-electron chi connectivity index (χ0n) is 17.0. The number of hydrogen-bond acceptors (Lipinski definition) is 3. The third-order valence-electron chi connectivity index (χ3n) is 7.89. The Labute approximate surface area is 160 Å². The summed E-state index contributed by atoms with van der Waals surface area (Å²) < 4.78 is 5.86. The first-order valence-corrected chi connectivity index (χ1v) is 11.6. The zero-order chi connectivity index (χ0) is 18.1. The lowest BCUT2D eigenvalue weighted by Gasteiger charge is -2.43. The molecule has 1 saturated heterocycles. The molecule has 3 saturated carbocycles. The summed E-state index contributed by atoms with van der Waals surface area (Å²) in [7, 11) is 0. The maximum absolute atomic E-state index is 13.3. The summed E-state index contributed by atoms with van der Waals surface area (Å²) in [5.41, 5.74) is 0. The van der Waals surface area contributed by atoms with Crippen LogP contribution in [-0.4, -0.2) is 35.1 Å². The number of esters is 1. The van der Waals surface area contributed by atoms with Crippen LogP contribution in [0.25, 0.3) is 0 Å². The van der Waals surface area contributed by atoms with E-state index in [0.29, 0.717) is 18.0 Å². The molecule has 5 unspecified atom stereocenters. The fourth-order valence-electron chi connectivity index (χ4n) is 6.99. The molecule has 3 heteroatoms. The minimum atomic E-state index is 0.000462.